The van der Waals surface area contributed by atoms with Crippen molar-refractivity contribution < 1.29 is 0 Å². The highest BCUT2D eigenvalue weighted by atomic mass is 79.9. The number of halogens is 1. The summed E-state index contributed by atoms with van der Waals surface area (Å²) in [6.45, 7) is 12.9. The molecule has 0 saturated heterocycles. The lowest BCUT2D eigenvalue weighted by atomic mass is 10.1. The van der Waals surface area contributed by atoms with Crippen molar-refractivity contribution in [3.8, 4) is 0 Å². The van der Waals surface area contributed by atoms with Crippen LogP contribution in [-0.2, 0) is 0 Å². The van der Waals surface area contributed by atoms with Gasteiger partial charge in [-0.25, -0.2) is 0 Å². The molecule has 21 heavy (non-hydrogen) atoms. The summed E-state index contributed by atoms with van der Waals surface area (Å²) < 4.78 is 1.12. The van der Waals surface area contributed by atoms with E-state index in [4.69, 9.17) is 5.73 Å². The number of hydrogen-bond donors (Lipinski definition) is 1. The van der Waals surface area contributed by atoms with E-state index < -0.39 is 0 Å². The van der Waals surface area contributed by atoms with Crippen molar-refractivity contribution in [2.75, 3.05) is 39.3 Å². The summed E-state index contributed by atoms with van der Waals surface area (Å²) in [4.78, 5) is 4.97. The highest BCUT2D eigenvalue weighted by Gasteiger charge is 2.17. The van der Waals surface area contributed by atoms with Crippen LogP contribution >= 0.6 is 15.9 Å². The summed E-state index contributed by atoms with van der Waals surface area (Å²) in [5.41, 5.74) is 7.35. The second-order valence-corrected chi connectivity index (χ2v) is 6.23. The Bertz CT molecular complexity index is 376. The predicted octanol–water partition coefficient (Wildman–Crippen LogP) is 3.50. The van der Waals surface area contributed by atoms with Crippen LogP contribution in [0.5, 0.6) is 0 Å². The zero-order valence-corrected chi connectivity index (χ0v) is 15.3. The third-order valence-corrected chi connectivity index (χ3v) is 4.67. The molecule has 0 amide bonds. The van der Waals surface area contributed by atoms with Crippen LogP contribution in [0.4, 0.5) is 0 Å². The Kier molecular flexibility index (Phi) is 9.16. The summed E-state index contributed by atoms with van der Waals surface area (Å²) in [6, 6.07) is 8.87. The molecule has 2 N–H and O–H groups in total. The molecule has 1 aromatic rings. The Labute approximate surface area is 138 Å². The van der Waals surface area contributed by atoms with E-state index in [1.54, 1.807) is 0 Å². The van der Waals surface area contributed by atoms with Gasteiger partial charge in [0.1, 0.15) is 0 Å². The minimum Gasteiger partial charge on any atom is -0.329 e. The first-order valence-corrected chi connectivity index (χ1v) is 8.87. The predicted molar refractivity (Wildman–Crippen MR) is 95.6 cm³/mol. The molecule has 4 heteroatoms. The van der Waals surface area contributed by atoms with E-state index in [2.05, 4.69) is 70.8 Å². The third-order valence-electron chi connectivity index (χ3n) is 4.14. The molecule has 0 bridgehead atoms. The molecule has 0 aliphatic heterocycles. The van der Waals surface area contributed by atoms with Crippen LogP contribution in [0.25, 0.3) is 0 Å². The Morgan fingerprint density at radius 3 is 2.10 bits per heavy atom. The molecule has 0 aromatic heterocycles. The van der Waals surface area contributed by atoms with Gasteiger partial charge in [0.05, 0.1) is 0 Å². The summed E-state index contributed by atoms with van der Waals surface area (Å²) in [5, 5.41) is 0. The van der Waals surface area contributed by atoms with E-state index in [0.717, 1.165) is 30.7 Å². The van der Waals surface area contributed by atoms with E-state index in [9.17, 15) is 0 Å². The van der Waals surface area contributed by atoms with Crippen molar-refractivity contribution in [1.29, 1.82) is 0 Å². The van der Waals surface area contributed by atoms with E-state index in [0.29, 0.717) is 12.6 Å². The Hall–Kier alpha value is -0.420. The number of nitrogens with zero attached hydrogens (tertiary/aromatic N) is 2. The van der Waals surface area contributed by atoms with Gasteiger partial charge in [-0.15, -0.1) is 0 Å². The normalized spacial score (nSPS) is 13.1. The van der Waals surface area contributed by atoms with Gasteiger partial charge in [-0.05, 0) is 50.3 Å². The molecule has 0 aliphatic carbocycles. The van der Waals surface area contributed by atoms with Gasteiger partial charge < -0.3 is 10.6 Å². The van der Waals surface area contributed by atoms with Crippen LogP contribution in [-0.4, -0.2) is 49.1 Å². The number of hydrogen-bond acceptors (Lipinski definition) is 3. The molecule has 0 saturated carbocycles. The Balaban J connectivity index is 2.61. The molecule has 1 rings (SSSR count). The standard InChI is InChI=1S/C17H30BrN3/c1-4-20(5-2)12-7-13-21(6-3)17(14-19)15-8-10-16(18)11-9-15/h8-11,17H,4-7,12-14,19H2,1-3H3. The highest BCUT2D eigenvalue weighted by molar-refractivity contribution is 9.10. The molecule has 0 heterocycles. The monoisotopic (exact) mass is 355 g/mol. The molecule has 0 radical (unpaired) electrons. The second kappa shape index (κ2) is 10.3. The zero-order valence-electron chi connectivity index (χ0n) is 13.7. The molecule has 0 aliphatic rings. The molecule has 1 atom stereocenters. The molecule has 1 aromatic carbocycles. The van der Waals surface area contributed by atoms with Gasteiger partial charge in [-0.1, -0.05) is 48.8 Å². The summed E-state index contributed by atoms with van der Waals surface area (Å²) in [5.74, 6) is 0. The van der Waals surface area contributed by atoms with Crippen LogP contribution in [0.3, 0.4) is 0 Å². The van der Waals surface area contributed by atoms with Crippen LogP contribution in [0.2, 0.25) is 0 Å². The van der Waals surface area contributed by atoms with Gasteiger partial charge in [0.25, 0.3) is 0 Å². The SMILES string of the molecule is CCN(CC)CCCN(CC)C(CN)c1ccc(Br)cc1. The van der Waals surface area contributed by atoms with Gasteiger partial charge in [-0.3, -0.25) is 4.90 Å². The van der Waals surface area contributed by atoms with Crippen LogP contribution in [0.1, 0.15) is 38.8 Å². The first-order chi connectivity index (χ1) is 10.2. The maximum atomic E-state index is 6.04. The molecule has 120 valence electrons. The Morgan fingerprint density at radius 1 is 1.00 bits per heavy atom. The van der Waals surface area contributed by atoms with Crippen molar-refractivity contribution in [2.45, 2.75) is 33.2 Å². The largest absolute Gasteiger partial charge is 0.329 e. The van der Waals surface area contributed by atoms with Crippen LogP contribution in [0.15, 0.2) is 28.7 Å². The number of likely N-dealkylation sites (N-methyl/N-ethyl adjacent to an activating group) is 1. The summed E-state index contributed by atoms with van der Waals surface area (Å²) in [6.07, 6.45) is 1.20. The van der Waals surface area contributed by atoms with Gasteiger partial charge >= 0.3 is 0 Å². The van der Waals surface area contributed by atoms with Crippen LogP contribution < -0.4 is 5.73 Å². The molecule has 3 nitrogen and oxygen atoms in total. The molecular weight excluding hydrogens is 326 g/mol. The lowest BCUT2D eigenvalue weighted by Crippen LogP contribution is -2.36. The highest BCUT2D eigenvalue weighted by Crippen LogP contribution is 2.22. The van der Waals surface area contributed by atoms with Crippen molar-refractivity contribution >= 4 is 15.9 Å². The van der Waals surface area contributed by atoms with E-state index in [1.165, 1.54) is 18.5 Å². The fraction of sp³-hybridized carbons (Fsp3) is 0.647. The maximum Gasteiger partial charge on any atom is 0.0470 e. The van der Waals surface area contributed by atoms with Crippen molar-refractivity contribution in [3.05, 3.63) is 34.3 Å². The van der Waals surface area contributed by atoms with Crippen molar-refractivity contribution in [2.24, 2.45) is 5.73 Å². The molecule has 1 unspecified atom stereocenters. The molecular formula is C17H30BrN3. The minimum absolute atomic E-state index is 0.319. The van der Waals surface area contributed by atoms with Crippen molar-refractivity contribution in [1.82, 2.24) is 9.80 Å². The summed E-state index contributed by atoms with van der Waals surface area (Å²) >= 11 is 3.49. The quantitative estimate of drug-likeness (QED) is 0.696. The fourth-order valence-electron chi connectivity index (χ4n) is 2.75. The lowest BCUT2D eigenvalue weighted by molar-refractivity contribution is 0.193. The minimum atomic E-state index is 0.319. The van der Waals surface area contributed by atoms with Gasteiger partial charge in [-0.2, -0.15) is 0 Å². The average Bonchev–Trinajstić information content (AvgIpc) is 2.52. The van der Waals surface area contributed by atoms with E-state index >= 15 is 0 Å². The lowest BCUT2D eigenvalue weighted by Gasteiger charge is -2.31. The van der Waals surface area contributed by atoms with Gasteiger partial charge in [0.2, 0.25) is 0 Å². The molecule has 0 spiro atoms. The topological polar surface area (TPSA) is 32.5 Å². The zero-order chi connectivity index (χ0) is 15.7. The maximum absolute atomic E-state index is 6.04. The van der Waals surface area contributed by atoms with Crippen LogP contribution in [0, 0.1) is 0 Å². The molecule has 0 fully saturated rings. The number of rotatable bonds is 10. The third kappa shape index (κ3) is 6.07. The van der Waals surface area contributed by atoms with Gasteiger partial charge in [0.15, 0.2) is 0 Å². The van der Waals surface area contributed by atoms with Crippen molar-refractivity contribution in [3.63, 3.8) is 0 Å². The van der Waals surface area contributed by atoms with E-state index in [1.807, 2.05) is 0 Å². The second-order valence-electron chi connectivity index (χ2n) is 5.31. The number of benzene rings is 1. The first kappa shape index (κ1) is 18.6. The summed E-state index contributed by atoms with van der Waals surface area (Å²) in [7, 11) is 0. The first-order valence-electron chi connectivity index (χ1n) is 8.08. The average molecular weight is 356 g/mol. The van der Waals surface area contributed by atoms with E-state index in [-0.39, 0.29) is 0 Å². The fourth-order valence-corrected chi connectivity index (χ4v) is 3.02. The van der Waals surface area contributed by atoms with Gasteiger partial charge in [0, 0.05) is 23.6 Å². The smallest absolute Gasteiger partial charge is 0.0470 e. The number of nitrogens with two attached hydrogens (primary N) is 1. The Morgan fingerprint density at radius 2 is 1.62 bits per heavy atom.